The quantitative estimate of drug-likeness (QED) is 0.166. The van der Waals surface area contributed by atoms with Gasteiger partial charge in [0, 0.05) is 29.3 Å². The first kappa shape index (κ1) is 59.3. The molecule has 0 radical (unpaired) electrons. The number of nitriles is 3. The molecule has 0 aliphatic heterocycles. The fourth-order valence-electron chi connectivity index (χ4n) is 4.40. The third-order valence-corrected chi connectivity index (χ3v) is 7.77. The van der Waals surface area contributed by atoms with E-state index in [0.29, 0.717) is 45.4 Å². The van der Waals surface area contributed by atoms with E-state index < -0.39 is 48.2 Å². The molecule has 6 N–H and O–H groups in total. The van der Waals surface area contributed by atoms with Crippen molar-refractivity contribution >= 4 is 24.2 Å². The molecule has 340 valence electrons. The maximum absolute atomic E-state index is 12.5. The average molecular weight is 962 g/mol. The molecule has 66 heavy (non-hydrogen) atoms. The third kappa shape index (κ3) is 17.4. The first-order valence-corrected chi connectivity index (χ1v) is 17.1. The molecule has 0 aliphatic rings. The molecule has 16 nitrogen and oxygen atoms in total. The summed E-state index contributed by atoms with van der Waals surface area (Å²) in [5, 5.41) is 60.7. The minimum absolute atomic E-state index is 0. The summed E-state index contributed by atoms with van der Waals surface area (Å²) in [7, 11) is 0.996. The Morgan fingerprint density at radius 3 is 1.38 bits per heavy atom. The minimum Gasteiger partial charge on any atom is -0.870 e. The van der Waals surface area contributed by atoms with Gasteiger partial charge in [0.15, 0.2) is 22.3 Å². The zero-order chi connectivity index (χ0) is 47.1. The normalized spacial score (nSPS) is 10.2. The number of halogens is 10. The fraction of sp³-hybridized carbons (Fsp3) is 0.132. The number of methoxy groups -OCH3 is 2. The van der Waals surface area contributed by atoms with E-state index in [-0.39, 0.29) is 68.5 Å². The predicted octanol–water partition coefficient (Wildman–Crippen LogP) is 2.77. The second-order valence-corrected chi connectivity index (χ2v) is 12.1. The fourth-order valence-corrected chi connectivity index (χ4v) is 4.57. The molecule has 0 unspecified atom stereocenters. The molecule has 0 fully saturated rings. The number of hydrogen-bond acceptors (Lipinski definition) is 14. The van der Waals surface area contributed by atoms with E-state index in [4.69, 9.17) is 42.2 Å². The van der Waals surface area contributed by atoms with Crippen molar-refractivity contribution in [3.05, 3.63) is 140 Å². The van der Waals surface area contributed by atoms with Crippen LogP contribution in [0.25, 0.3) is 22.5 Å². The van der Waals surface area contributed by atoms with E-state index in [0.717, 1.165) is 6.07 Å². The van der Waals surface area contributed by atoms with Gasteiger partial charge in [0.25, 0.3) is 0 Å². The summed E-state index contributed by atoms with van der Waals surface area (Å²) in [5.41, 5.74) is -1.65. The molecule has 0 saturated carbocycles. The van der Waals surface area contributed by atoms with Crippen LogP contribution in [0.5, 0.6) is 11.5 Å². The van der Waals surface area contributed by atoms with Gasteiger partial charge in [-0.3, -0.25) is 9.89 Å². The van der Waals surface area contributed by atoms with Gasteiger partial charge >= 0.3 is 55.2 Å². The molecule has 3 heterocycles. The van der Waals surface area contributed by atoms with Crippen LogP contribution in [0, 0.1) is 34.0 Å². The van der Waals surface area contributed by atoms with E-state index in [2.05, 4.69) is 30.2 Å². The number of nitrogens with one attached hydrogen (secondary N) is 1. The SMILES string of the molecule is COc1cc(C(F)(F)F)nnc1-c1ccc(C#N)cc1.COc1cc(C(F)(F)F)nnc1Cl.N#Cc1ccc(-c2n[nH]c(C(F)(F)F)cc2=O)cc1.N#Cc1ccc(B(O)O)cc1.O.[Na+].[OH-]. The van der Waals surface area contributed by atoms with Crippen molar-refractivity contribution in [3.8, 4) is 52.2 Å². The second-order valence-electron chi connectivity index (χ2n) is 11.7. The predicted molar refractivity (Wildman–Crippen MR) is 209 cm³/mol. The molecule has 3 aromatic heterocycles. The van der Waals surface area contributed by atoms with Gasteiger partial charge in [-0.15, -0.1) is 20.4 Å². The maximum atomic E-state index is 12.5. The Labute approximate surface area is 393 Å². The Balaban J connectivity index is 0.000000863. The Morgan fingerprint density at radius 1 is 0.621 bits per heavy atom. The number of ether oxygens (including phenoxy) is 2. The summed E-state index contributed by atoms with van der Waals surface area (Å²) >= 11 is 5.38. The van der Waals surface area contributed by atoms with Crippen LogP contribution in [0.4, 0.5) is 39.5 Å². The Hall–Kier alpha value is -6.67. The van der Waals surface area contributed by atoms with Crippen molar-refractivity contribution in [2.24, 2.45) is 0 Å². The second kappa shape index (κ2) is 26.3. The maximum Gasteiger partial charge on any atom is 1.00 e. The number of benzene rings is 3. The molecule has 0 saturated heterocycles. The van der Waals surface area contributed by atoms with E-state index in [1.165, 1.54) is 74.9 Å². The zero-order valence-corrected chi connectivity index (χ0v) is 36.4. The number of nitrogens with zero attached hydrogens (tertiary/aromatic N) is 8. The van der Waals surface area contributed by atoms with Gasteiger partial charge in [0.1, 0.15) is 22.8 Å². The number of alkyl halides is 9. The van der Waals surface area contributed by atoms with Gasteiger partial charge < -0.3 is 30.5 Å². The minimum atomic E-state index is -4.64. The number of hydrogen-bond donors (Lipinski definition) is 3. The van der Waals surface area contributed by atoms with E-state index in [1.807, 2.05) is 18.2 Å². The summed E-state index contributed by atoms with van der Waals surface area (Å²) in [6.45, 7) is 0. The summed E-state index contributed by atoms with van der Waals surface area (Å²) in [5.74, 6) is -0.180. The van der Waals surface area contributed by atoms with Crippen LogP contribution in [-0.4, -0.2) is 72.9 Å². The van der Waals surface area contributed by atoms with Crippen LogP contribution >= 0.6 is 11.6 Å². The van der Waals surface area contributed by atoms with Crippen molar-refractivity contribution in [2.75, 3.05) is 14.2 Å². The van der Waals surface area contributed by atoms with Crippen LogP contribution in [-0.2, 0) is 18.5 Å². The van der Waals surface area contributed by atoms with Gasteiger partial charge in [-0.1, -0.05) is 48.0 Å². The first-order chi connectivity index (χ1) is 29.6. The monoisotopic (exact) mass is 961 g/mol. The van der Waals surface area contributed by atoms with Gasteiger partial charge in [0.2, 0.25) is 5.43 Å². The van der Waals surface area contributed by atoms with Crippen molar-refractivity contribution in [1.82, 2.24) is 30.6 Å². The van der Waals surface area contributed by atoms with E-state index in [9.17, 15) is 44.3 Å². The van der Waals surface area contributed by atoms with Gasteiger partial charge in [-0.05, 0) is 41.9 Å². The van der Waals surface area contributed by atoms with Crippen molar-refractivity contribution in [3.63, 3.8) is 0 Å². The van der Waals surface area contributed by atoms with Gasteiger partial charge in [0.05, 0.1) is 49.1 Å². The van der Waals surface area contributed by atoms with Crippen LogP contribution in [0.3, 0.4) is 0 Å². The number of aromatic nitrogens is 6. The summed E-state index contributed by atoms with van der Waals surface area (Å²) in [6, 6.07) is 25.8. The zero-order valence-electron chi connectivity index (χ0n) is 33.7. The largest absolute Gasteiger partial charge is 1.00 e. The molecule has 6 aromatic rings. The standard InChI is InChI=1S/C13H8F3N3O.C12H6F3N3O.C7H6BNO2.C6H4ClF3N2O.Na.2H2O/c1-20-10-6-11(13(14,15)16)18-19-12(10)9-4-2-8(7-17)3-5-9;13-12(14,15)10-5-9(19)11(18-17-10)8-3-1-7(6-16)2-4-8;9-5-6-1-3-7(4-2-6)8(10)11;1-13-3-2-4(6(8,9)10)11-12-5(3)7;;;/h2-6H,1H3;1-5H,(H,17,19);1-4,10-11H;2H,1H3;;2*1H2/q;;;;+1;;/p-1. The summed E-state index contributed by atoms with van der Waals surface area (Å²) in [6.07, 6.45) is -13.8. The van der Waals surface area contributed by atoms with Crippen molar-refractivity contribution in [2.45, 2.75) is 18.5 Å². The molecule has 3 aromatic carbocycles. The molecule has 28 heteroatoms. The number of H-pyrrole nitrogens is 1. The smallest absolute Gasteiger partial charge is 0.870 e. The van der Waals surface area contributed by atoms with E-state index in [1.54, 1.807) is 17.2 Å². The molecular formula is C38H27BClF9N9NaO7. The Kier molecular flexibility index (Phi) is 23.7. The molecule has 0 atom stereocenters. The van der Waals surface area contributed by atoms with E-state index >= 15 is 0 Å². The molecule has 0 bridgehead atoms. The van der Waals surface area contributed by atoms with Crippen LogP contribution < -0.4 is 49.9 Å². The van der Waals surface area contributed by atoms with Crippen LogP contribution in [0.1, 0.15) is 33.8 Å². The topological polar surface area (TPSA) is 289 Å². The molecule has 0 spiro atoms. The summed E-state index contributed by atoms with van der Waals surface area (Å²) < 4.78 is 120. The van der Waals surface area contributed by atoms with Gasteiger partial charge in [-0.2, -0.15) is 60.4 Å². The molecular weight excluding hydrogens is 935 g/mol. The average Bonchev–Trinajstić information content (AvgIpc) is 3.26. The Morgan fingerprint density at radius 2 is 1.02 bits per heavy atom. The van der Waals surface area contributed by atoms with Crippen molar-refractivity contribution in [1.29, 1.82) is 15.8 Å². The third-order valence-electron chi connectivity index (χ3n) is 7.51. The molecule has 6 rings (SSSR count). The Bertz CT molecular complexity index is 2680. The molecule has 0 amide bonds. The molecule has 0 aliphatic carbocycles. The first-order valence-electron chi connectivity index (χ1n) is 16.7. The van der Waals surface area contributed by atoms with Gasteiger partial charge in [-0.25, -0.2) is 0 Å². The van der Waals surface area contributed by atoms with Crippen molar-refractivity contribution < 1.29 is 99.5 Å². The summed E-state index contributed by atoms with van der Waals surface area (Å²) in [4.78, 5) is 11.6. The number of aromatic amines is 1. The van der Waals surface area contributed by atoms with Crippen LogP contribution in [0.15, 0.2) is 95.8 Å². The van der Waals surface area contributed by atoms with Crippen LogP contribution in [0.2, 0.25) is 5.15 Å². The number of rotatable bonds is 5.